The molecule has 0 spiro atoms. The molecular weight excluding hydrogens is 289 g/mol. The normalized spacial score (nSPS) is 13.8. The highest BCUT2D eigenvalue weighted by molar-refractivity contribution is 7.45. The van der Waals surface area contributed by atoms with Crippen LogP contribution in [0.1, 0.15) is 60.3 Å². The van der Waals surface area contributed by atoms with Gasteiger partial charge in [0.1, 0.15) is 0 Å². The van der Waals surface area contributed by atoms with Gasteiger partial charge >= 0.3 is 0 Å². The summed E-state index contributed by atoms with van der Waals surface area (Å²) in [6.45, 7) is 17.6. The smallest absolute Gasteiger partial charge is 0.0876 e. The summed E-state index contributed by atoms with van der Waals surface area (Å²) in [6.07, 6.45) is 4.52. The quantitative estimate of drug-likeness (QED) is 0.312. The first-order valence-electron chi connectivity index (χ1n) is 7.85. The Labute approximate surface area is 138 Å². The van der Waals surface area contributed by atoms with Gasteiger partial charge < -0.3 is 0 Å². The van der Waals surface area contributed by atoms with Crippen molar-refractivity contribution in [2.75, 3.05) is 0 Å². The molecule has 0 aliphatic heterocycles. The Morgan fingerprint density at radius 1 is 1.14 bits per heavy atom. The minimum Gasteiger partial charge on any atom is -0.280 e. The lowest BCUT2D eigenvalue weighted by Crippen LogP contribution is -2.11. The van der Waals surface area contributed by atoms with Crippen molar-refractivity contribution in [3.63, 3.8) is 0 Å². The molecule has 4 heteroatoms. The SMILES string of the molecule is C=C=N/C(C)=C(/N=C(C)C(P)=NC(CCC)CCC)C(=C)C. The van der Waals surface area contributed by atoms with Crippen molar-refractivity contribution in [3.05, 3.63) is 30.1 Å². The summed E-state index contributed by atoms with van der Waals surface area (Å²) in [4.78, 5) is 13.5. The summed E-state index contributed by atoms with van der Waals surface area (Å²) in [5, 5.41) is 0. The first-order chi connectivity index (χ1) is 10.4. The van der Waals surface area contributed by atoms with Crippen molar-refractivity contribution in [2.45, 2.75) is 66.3 Å². The Kier molecular flexibility index (Phi) is 10.6. The Hall–Kier alpha value is -1.30. The van der Waals surface area contributed by atoms with Gasteiger partial charge in [0, 0.05) is 0 Å². The monoisotopic (exact) mass is 319 g/mol. The third kappa shape index (κ3) is 7.64. The van der Waals surface area contributed by atoms with Crippen molar-refractivity contribution >= 4 is 26.3 Å². The fourth-order valence-electron chi connectivity index (χ4n) is 2.11. The van der Waals surface area contributed by atoms with E-state index in [0.717, 1.165) is 53.8 Å². The second kappa shape index (κ2) is 11.3. The average Bonchev–Trinajstić information content (AvgIpc) is 2.44. The van der Waals surface area contributed by atoms with E-state index >= 15 is 0 Å². The minimum atomic E-state index is 0.372. The van der Waals surface area contributed by atoms with Gasteiger partial charge in [-0.15, -0.1) is 0 Å². The van der Waals surface area contributed by atoms with Gasteiger partial charge in [0.05, 0.1) is 28.6 Å². The lowest BCUT2D eigenvalue weighted by Gasteiger charge is -2.12. The van der Waals surface area contributed by atoms with Crippen LogP contribution in [-0.2, 0) is 0 Å². The van der Waals surface area contributed by atoms with Gasteiger partial charge in [-0.05, 0) is 51.6 Å². The molecule has 0 amide bonds. The zero-order valence-electron chi connectivity index (χ0n) is 14.7. The van der Waals surface area contributed by atoms with Crippen LogP contribution in [-0.4, -0.2) is 23.1 Å². The zero-order valence-corrected chi connectivity index (χ0v) is 15.9. The van der Waals surface area contributed by atoms with Crippen LogP contribution < -0.4 is 0 Å². The Morgan fingerprint density at radius 3 is 2.09 bits per heavy atom. The molecule has 0 aromatic heterocycles. The van der Waals surface area contributed by atoms with E-state index in [1.165, 1.54) is 0 Å². The van der Waals surface area contributed by atoms with Crippen molar-refractivity contribution in [1.29, 1.82) is 0 Å². The summed E-state index contributed by atoms with van der Waals surface area (Å²) >= 11 is 0. The summed E-state index contributed by atoms with van der Waals surface area (Å²) in [5.41, 5.74) is 4.18. The van der Waals surface area contributed by atoms with Gasteiger partial charge in [0.15, 0.2) is 0 Å². The number of allylic oxidation sites excluding steroid dienone is 2. The first kappa shape index (κ1) is 20.7. The van der Waals surface area contributed by atoms with Crippen LogP contribution in [0.3, 0.4) is 0 Å². The van der Waals surface area contributed by atoms with Crippen LogP contribution in [0.15, 0.2) is 45.1 Å². The zero-order chi connectivity index (χ0) is 17.1. The molecule has 0 aromatic carbocycles. The molecule has 0 radical (unpaired) electrons. The molecule has 0 aliphatic rings. The molecule has 0 rings (SSSR count). The van der Waals surface area contributed by atoms with Gasteiger partial charge in [-0.1, -0.05) is 42.5 Å². The fourth-order valence-corrected chi connectivity index (χ4v) is 2.39. The number of hydrogen-bond donors (Lipinski definition) is 0. The molecule has 22 heavy (non-hydrogen) atoms. The highest BCUT2D eigenvalue weighted by atomic mass is 31.0. The van der Waals surface area contributed by atoms with Crippen LogP contribution in [0.5, 0.6) is 0 Å². The maximum absolute atomic E-state index is 4.81. The second-order valence-corrected chi connectivity index (χ2v) is 5.97. The van der Waals surface area contributed by atoms with Crippen LogP contribution in [0.2, 0.25) is 0 Å². The van der Waals surface area contributed by atoms with Gasteiger partial charge in [0.2, 0.25) is 0 Å². The molecule has 0 saturated heterocycles. The number of nitrogens with zero attached hydrogens (tertiary/aromatic N) is 3. The largest absolute Gasteiger partial charge is 0.280 e. The minimum absolute atomic E-state index is 0.372. The molecule has 0 bridgehead atoms. The molecule has 0 saturated carbocycles. The molecule has 0 N–H and O–H groups in total. The molecule has 0 aromatic rings. The Morgan fingerprint density at radius 2 is 1.68 bits per heavy atom. The van der Waals surface area contributed by atoms with Crippen LogP contribution >= 0.6 is 9.24 Å². The van der Waals surface area contributed by atoms with Gasteiger partial charge in [-0.2, -0.15) is 0 Å². The fraction of sp³-hybridized carbons (Fsp3) is 0.556. The molecule has 0 heterocycles. The number of aliphatic imine (C=N–C) groups is 3. The van der Waals surface area contributed by atoms with E-state index in [1.807, 2.05) is 20.8 Å². The van der Waals surface area contributed by atoms with Crippen molar-refractivity contribution in [1.82, 2.24) is 0 Å². The van der Waals surface area contributed by atoms with Crippen LogP contribution in [0.4, 0.5) is 0 Å². The molecular formula is C18H30N3P. The standard InChI is InChI=1S/C18H30N3P/c1-8-11-16(12-9-2)21-18(22)15(7)20-17(13(4)5)14(6)19-10-3/h16H,3-4,8-9,11-12,22H2,1-2,5-7H3/b17-14+,20-15?,21-18?. The Bertz CT molecular complexity index is 514. The first-order valence-corrected chi connectivity index (χ1v) is 8.43. The summed E-state index contributed by atoms with van der Waals surface area (Å²) in [6, 6.07) is 0.372. The highest BCUT2D eigenvalue weighted by Crippen LogP contribution is 2.17. The van der Waals surface area contributed by atoms with Crippen LogP contribution in [0.25, 0.3) is 0 Å². The molecule has 0 aliphatic carbocycles. The van der Waals surface area contributed by atoms with Crippen LogP contribution in [0, 0.1) is 0 Å². The van der Waals surface area contributed by atoms with Gasteiger partial charge in [0.25, 0.3) is 0 Å². The lowest BCUT2D eigenvalue weighted by molar-refractivity contribution is 0.558. The predicted octanol–water partition coefficient (Wildman–Crippen LogP) is 5.35. The molecule has 0 fully saturated rings. The van der Waals surface area contributed by atoms with E-state index in [1.54, 1.807) is 0 Å². The molecule has 1 atom stereocenters. The lowest BCUT2D eigenvalue weighted by atomic mass is 10.1. The van der Waals surface area contributed by atoms with E-state index in [2.05, 4.69) is 52.1 Å². The van der Waals surface area contributed by atoms with E-state index in [9.17, 15) is 0 Å². The van der Waals surface area contributed by atoms with E-state index in [4.69, 9.17) is 4.99 Å². The summed E-state index contributed by atoms with van der Waals surface area (Å²) in [5.74, 6) is 2.54. The average molecular weight is 319 g/mol. The topological polar surface area (TPSA) is 37.1 Å². The van der Waals surface area contributed by atoms with E-state index in [-0.39, 0.29) is 0 Å². The molecule has 122 valence electrons. The predicted molar refractivity (Wildman–Crippen MR) is 104 cm³/mol. The Balaban J connectivity index is 5.50. The third-order valence-electron chi connectivity index (χ3n) is 3.21. The number of hydrogen-bond acceptors (Lipinski definition) is 3. The molecule has 3 nitrogen and oxygen atoms in total. The highest BCUT2D eigenvalue weighted by Gasteiger charge is 2.08. The van der Waals surface area contributed by atoms with Gasteiger partial charge in [-0.25, -0.2) is 9.98 Å². The number of rotatable bonds is 9. The second-order valence-electron chi connectivity index (χ2n) is 5.43. The van der Waals surface area contributed by atoms with Crippen molar-refractivity contribution < 1.29 is 0 Å². The third-order valence-corrected chi connectivity index (χ3v) is 3.78. The van der Waals surface area contributed by atoms with E-state index in [0.29, 0.717) is 6.04 Å². The van der Waals surface area contributed by atoms with Gasteiger partial charge in [-0.3, -0.25) is 4.99 Å². The summed E-state index contributed by atoms with van der Waals surface area (Å²) < 4.78 is 0. The molecule has 1 unspecified atom stereocenters. The van der Waals surface area contributed by atoms with Crippen molar-refractivity contribution in [3.8, 4) is 0 Å². The van der Waals surface area contributed by atoms with Crippen molar-refractivity contribution in [2.24, 2.45) is 15.0 Å². The summed E-state index contributed by atoms with van der Waals surface area (Å²) in [7, 11) is 2.71. The van der Waals surface area contributed by atoms with E-state index < -0.39 is 0 Å². The maximum atomic E-state index is 4.81. The maximum Gasteiger partial charge on any atom is 0.0876 e.